The van der Waals surface area contributed by atoms with Crippen molar-refractivity contribution in [3.63, 3.8) is 0 Å². The topological polar surface area (TPSA) is 0 Å². The predicted molar refractivity (Wildman–Crippen MR) is 80.9 cm³/mol. The summed E-state index contributed by atoms with van der Waals surface area (Å²) in [7, 11) is 0. The summed E-state index contributed by atoms with van der Waals surface area (Å²) in [6, 6.07) is 14.2. The molecule has 0 unspecified atom stereocenters. The van der Waals surface area contributed by atoms with E-state index in [-0.39, 0.29) is 0 Å². The van der Waals surface area contributed by atoms with E-state index in [2.05, 4.69) is 13.0 Å². The van der Waals surface area contributed by atoms with Crippen LogP contribution < -0.4 is 0 Å². The molecule has 2 heteroatoms. The van der Waals surface area contributed by atoms with Crippen LogP contribution in [0.1, 0.15) is 12.5 Å². The Balaban J connectivity index is 2.63. The maximum Gasteiger partial charge on any atom is 0.0566 e. The van der Waals surface area contributed by atoms with Gasteiger partial charge in [-0.25, -0.2) is 0 Å². The van der Waals surface area contributed by atoms with E-state index in [9.17, 15) is 0 Å². The molecule has 3 aromatic carbocycles. The fraction of sp³-hybridized carbons (Fsp3) is 0.125. The lowest BCUT2D eigenvalue weighted by Gasteiger charge is -2.12. The first-order valence-electron chi connectivity index (χ1n) is 6.01. The minimum Gasteiger partial charge on any atom is -0.0830 e. The van der Waals surface area contributed by atoms with Gasteiger partial charge in [-0.2, -0.15) is 0 Å². The fourth-order valence-corrected chi connectivity index (χ4v) is 3.19. The lowest BCUT2D eigenvalue weighted by atomic mass is 9.98. The maximum absolute atomic E-state index is 6.57. The highest BCUT2D eigenvalue weighted by molar-refractivity contribution is 6.47. The van der Waals surface area contributed by atoms with Crippen molar-refractivity contribution in [3.8, 4) is 0 Å². The Hall–Kier alpha value is -1.24. The second-order valence-corrected chi connectivity index (χ2v) is 5.12. The smallest absolute Gasteiger partial charge is 0.0566 e. The summed E-state index contributed by atoms with van der Waals surface area (Å²) < 4.78 is 0. The predicted octanol–water partition coefficient (Wildman–Crippen LogP) is 5.86. The van der Waals surface area contributed by atoms with E-state index in [4.69, 9.17) is 23.2 Å². The lowest BCUT2D eigenvalue weighted by molar-refractivity contribution is 1.16. The molecule has 0 fully saturated rings. The van der Waals surface area contributed by atoms with Gasteiger partial charge in [0.05, 0.1) is 10.0 Å². The molecular formula is C16H12Cl2. The molecule has 0 amide bonds. The third kappa shape index (κ3) is 1.60. The van der Waals surface area contributed by atoms with Gasteiger partial charge in [0.15, 0.2) is 0 Å². The zero-order valence-corrected chi connectivity index (χ0v) is 11.5. The van der Waals surface area contributed by atoms with Crippen molar-refractivity contribution in [2.75, 3.05) is 0 Å². The molecule has 0 aromatic heterocycles. The van der Waals surface area contributed by atoms with Gasteiger partial charge in [-0.05, 0) is 12.0 Å². The summed E-state index contributed by atoms with van der Waals surface area (Å²) in [5.41, 5.74) is 1.24. The molecule has 0 aliphatic carbocycles. The summed E-state index contributed by atoms with van der Waals surface area (Å²) in [5.74, 6) is 0. The van der Waals surface area contributed by atoms with Crippen molar-refractivity contribution >= 4 is 44.7 Å². The molecule has 3 aromatic rings. The highest BCUT2D eigenvalue weighted by Crippen LogP contribution is 2.40. The minimum atomic E-state index is 0.792. The molecule has 0 saturated heterocycles. The van der Waals surface area contributed by atoms with Crippen molar-refractivity contribution in [1.82, 2.24) is 0 Å². The van der Waals surface area contributed by atoms with Crippen LogP contribution in [0.3, 0.4) is 0 Å². The van der Waals surface area contributed by atoms with Crippen LogP contribution in [0.25, 0.3) is 21.5 Å². The van der Waals surface area contributed by atoms with Crippen LogP contribution in [0.4, 0.5) is 0 Å². The monoisotopic (exact) mass is 274 g/mol. The molecule has 0 nitrogen and oxygen atoms in total. The summed E-state index contributed by atoms with van der Waals surface area (Å²) in [4.78, 5) is 0. The summed E-state index contributed by atoms with van der Waals surface area (Å²) in [6.45, 7) is 2.13. The van der Waals surface area contributed by atoms with Crippen LogP contribution in [-0.2, 0) is 6.42 Å². The Kier molecular flexibility index (Phi) is 2.93. The SMILES string of the molecule is CCc1cccc2c(Cl)c3ccccc3c(Cl)c12. The van der Waals surface area contributed by atoms with Gasteiger partial charge < -0.3 is 0 Å². The van der Waals surface area contributed by atoms with Gasteiger partial charge >= 0.3 is 0 Å². The number of halogens is 2. The molecule has 0 saturated carbocycles. The number of benzene rings is 3. The zero-order valence-electron chi connectivity index (χ0n) is 10.0. The van der Waals surface area contributed by atoms with Crippen LogP contribution >= 0.6 is 23.2 Å². The van der Waals surface area contributed by atoms with Gasteiger partial charge in [-0.15, -0.1) is 0 Å². The molecule has 0 aliphatic heterocycles. The molecule has 0 radical (unpaired) electrons. The van der Waals surface area contributed by atoms with Crippen molar-refractivity contribution < 1.29 is 0 Å². The minimum absolute atomic E-state index is 0.792. The van der Waals surface area contributed by atoms with Gasteiger partial charge in [0.2, 0.25) is 0 Å². The molecule has 0 aliphatic rings. The first-order valence-corrected chi connectivity index (χ1v) is 6.77. The quantitative estimate of drug-likeness (QED) is 0.488. The van der Waals surface area contributed by atoms with Gasteiger partial charge in [0.1, 0.15) is 0 Å². The van der Waals surface area contributed by atoms with E-state index in [0.29, 0.717) is 0 Å². The third-order valence-electron chi connectivity index (χ3n) is 3.39. The molecule has 3 rings (SSSR count). The molecule has 90 valence electrons. The standard InChI is InChI=1S/C16H12Cl2/c1-2-10-6-5-9-13-14(10)16(18)12-8-4-3-7-11(12)15(13)17/h3-9H,2H2,1H3. The second-order valence-electron chi connectivity index (χ2n) is 4.37. The van der Waals surface area contributed by atoms with Crippen LogP contribution in [0, 0.1) is 0 Å². The molecular weight excluding hydrogens is 263 g/mol. The van der Waals surface area contributed by atoms with E-state index < -0.39 is 0 Å². The Morgan fingerprint density at radius 3 is 2.06 bits per heavy atom. The van der Waals surface area contributed by atoms with Crippen LogP contribution in [0.5, 0.6) is 0 Å². The zero-order chi connectivity index (χ0) is 12.7. The first-order chi connectivity index (χ1) is 8.74. The van der Waals surface area contributed by atoms with Crippen molar-refractivity contribution in [2.45, 2.75) is 13.3 Å². The fourth-order valence-electron chi connectivity index (χ4n) is 2.48. The van der Waals surface area contributed by atoms with Crippen molar-refractivity contribution in [1.29, 1.82) is 0 Å². The molecule has 0 atom stereocenters. The number of fused-ring (bicyclic) bond motifs is 2. The van der Waals surface area contributed by atoms with Gasteiger partial charge in [0, 0.05) is 21.5 Å². The van der Waals surface area contributed by atoms with Crippen molar-refractivity contribution in [3.05, 3.63) is 58.1 Å². The first kappa shape index (κ1) is 11.8. The number of aryl methyl sites for hydroxylation is 1. The highest BCUT2D eigenvalue weighted by atomic mass is 35.5. The lowest BCUT2D eigenvalue weighted by Crippen LogP contribution is -1.88. The number of rotatable bonds is 1. The van der Waals surface area contributed by atoms with Crippen LogP contribution in [0.2, 0.25) is 10.0 Å². The highest BCUT2D eigenvalue weighted by Gasteiger charge is 2.12. The third-order valence-corrected chi connectivity index (χ3v) is 4.19. The summed E-state index contributed by atoms with van der Waals surface area (Å²) in [5, 5.41) is 5.77. The average molecular weight is 275 g/mol. The number of hydrogen-bond donors (Lipinski definition) is 0. The molecule has 18 heavy (non-hydrogen) atoms. The second kappa shape index (κ2) is 4.46. The Morgan fingerprint density at radius 2 is 1.39 bits per heavy atom. The van der Waals surface area contributed by atoms with Gasteiger partial charge in [-0.3, -0.25) is 0 Å². The van der Waals surface area contributed by atoms with E-state index >= 15 is 0 Å². The van der Waals surface area contributed by atoms with E-state index in [1.165, 1.54) is 5.56 Å². The maximum atomic E-state index is 6.57. The summed E-state index contributed by atoms with van der Waals surface area (Å²) >= 11 is 13.1. The molecule has 0 heterocycles. The largest absolute Gasteiger partial charge is 0.0830 e. The van der Waals surface area contributed by atoms with E-state index in [1.54, 1.807) is 0 Å². The molecule has 0 bridgehead atoms. The Bertz CT molecular complexity index is 745. The van der Waals surface area contributed by atoms with E-state index in [0.717, 1.165) is 38.0 Å². The molecule has 0 N–H and O–H groups in total. The Morgan fingerprint density at radius 1 is 0.778 bits per heavy atom. The van der Waals surface area contributed by atoms with Crippen LogP contribution in [0.15, 0.2) is 42.5 Å². The van der Waals surface area contributed by atoms with Gasteiger partial charge in [0.25, 0.3) is 0 Å². The van der Waals surface area contributed by atoms with E-state index in [1.807, 2.05) is 36.4 Å². The Labute approximate surface area is 116 Å². The normalized spacial score (nSPS) is 11.3. The number of hydrogen-bond acceptors (Lipinski definition) is 0. The van der Waals surface area contributed by atoms with Crippen molar-refractivity contribution in [2.24, 2.45) is 0 Å². The summed E-state index contributed by atoms with van der Waals surface area (Å²) in [6.07, 6.45) is 0.950. The van der Waals surface area contributed by atoms with Gasteiger partial charge in [-0.1, -0.05) is 72.6 Å². The van der Waals surface area contributed by atoms with Crippen LogP contribution in [-0.4, -0.2) is 0 Å². The molecule has 0 spiro atoms. The average Bonchev–Trinajstić information content (AvgIpc) is 2.44.